The summed E-state index contributed by atoms with van der Waals surface area (Å²) in [7, 11) is 2.02. The number of piperazine rings is 1. The number of hydrogen-bond acceptors (Lipinski definition) is 3. The molecule has 1 atom stereocenters. The van der Waals surface area contributed by atoms with E-state index in [0.717, 1.165) is 32.6 Å². The van der Waals surface area contributed by atoms with E-state index in [4.69, 9.17) is 0 Å². The molecule has 1 saturated heterocycles. The molecule has 1 aliphatic heterocycles. The number of carbonyl (C=O) groups is 1. The number of nitrogens with one attached hydrogen (secondary N) is 2. The highest BCUT2D eigenvalue weighted by molar-refractivity contribution is 5.82. The average molecular weight is 255 g/mol. The minimum Gasteiger partial charge on any atom is -0.354 e. The Morgan fingerprint density at radius 3 is 2.72 bits per heavy atom. The van der Waals surface area contributed by atoms with Gasteiger partial charge < -0.3 is 10.6 Å². The van der Waals surface area contributed by atoms with Crippen LogP contribution in [0.5, 0.6) is 0 Å². The molecule has 0 saturated carbocycles. The highest BCUT2D eigenvalue weighted by atomic mass is 16.2. The van der Waals surface area contributed by atoms with Crippen molar-refractivity contribution in [3.8, 4) is 0 Å². The first-order valence-corrected chi connectivity index (χ1v) is 7.00. The predicted molar refractivity (Wildman–Crippen MR) is 75.5 cm³/mol. The zero-order valence-corrected chi connectivity index (χ0v) is 12.5. The molecule has 0 radical (unpaired) electrons. The van der Waals surface area contributed by atoms with E-state index in [-0.39, 0.29) is 17.4 Å². The van der Waals surface area contributed by atoms with E-state index in [1.165, 1.54) is 0 Å². The summed E-state index contributed by atoms with van der Waals surface area (Å²) in [5, 5.41) is 6.38. The maximum Gasteiger partial charge on any atom is 0.238 e. The van der Waals surface area contributed by atoms with Gasteiger partial charge in [-0.25, -0.2) is 0 Å². The Labute approximate surface area is 111 Å². The third-order valence-electron chi connectivity index (χ3n) is 3.52. The van der Waals surface area contributed by atoms with Gasteiger partial charge in [0.05, 0.1) is 0 Å². The van der Waals surface area contributed by atoms with Crippen LogP contribution >= 0.6 is 0 Å². The summed E-state index contributed by atoms with van der Waals surface area (Å²) >= 11 is 0. The van der Waals surface area contributed by atoms with Crippen molar-refractivity contribution in [1.82, 2.24) is 15.5 Å². The first-order valence-electron chi connectivity index (χ1n) is 7.00. The lowest BCUT2D eigenvalue weighted by Gasteiger charge is -2.33. The zero-order valence-electron chi connectivity index (χ0n) is 12.5. The molecule has 1 fully saturated rings. The molecule has 106 valence electrons. The Balaban J connectivity index is 2.40. The smallest absolute Gasteiger partial charge is 0.238 e. The van der Waals surface area contributed by atoms with Crippen molar-refractivity contribution in [1.29, 1.82) is 0 Å². The molecular weight excluding hydrogens is 226 g/mol. The molecule has 4 nitrogen and oxygen atoms in total. The summed E-state index contributed by atoms with van der Waals surface area (Å²) in [6.07, 6.45) is 1.13. The van der Waals surface area contributed by atoms with Gasteiger partial charge in [0.2, 0.25) is 5.91 Å². The molecule has 0 aromatic carbocycles. The maximum absolute atomic E-state index is 12.1. The van der Waals surface area contributed by atoms with E-state index in [1.54, 1.807) is 0 Å². The highest BCUT2D eigenvalue weighted by Gasteiger charge is 2.27. The van der Waals surface area contributed by atoms with Crippen LogP contribution in [0.2, 0.25) is 0 Å². The molecule has 2 N–H and O–H groups in total. The summed E-state index contributed by atoms with van der Waals surface area (Å²) in [6, 6.07) is -0.0198. The number of rotatable bonds is 5. The fourth-order valence-corrected chi connectivity index (χ4v) is 2.72. The van der Waals surface area contributed by atoms with E-state index in [0.29, 0.717) is 5.92 Å². The number of carbonyl (C=O) groups excluding carboxylic acids is 1. The van der Waals surface area contributed by atoms with E-state index < -0.39 is 0 Å². The molecule has 4 heteroatoms. The Bertz CT molecular complexity index is 276. The van der Waals surface area contributed by atoms with Crippen LogP contribution in [0.15, 0.2) is 0 Å². The Morgan fingerprint density at radius 2 is 2.17 bits per heavy atom. The van der Waals surface area contributed by atoms with Crippen molar-refractivity contribution in [2.75, 3.05) is 33.2 Å². The topological polar surface area (TPSA) is 44.4 Å². The lowest BCUT2D eigenvalue weighted by molar-refractivity contribution is -0.127. The maximum atomic E-state index is 12.1. The van der Waals surface area contributed by atoms with Crippen LogP contribution < -0.4 is 10.6 Å². The monoisotopic (exact) mass is 255 g/mol. The van der Waals surface area contributed by atoms with Gasteiger partial charge in [0.1, 0.15) is 6.04 Å². The molecule has 18 heavy (non-hydrogen) atoms. The molecule has 0 aromatic rings. The zero-order chi connectivity index (χ0) is 13.8. The predicted octanol–water partition coefficient (Wildman–Crippen LogP) is 1.08. The quantitative estimate of drug-likeness (QED) is 0.772. The fourth-order valence-electron chi connectivity index (χ4n) is 2.72. The minimum absolute atomic E-state index is 0.0198. The van der Waals surface area contributed by atoms with Crippen LogP contribution in [0.1, 0.15) is 34.1 Å². The van der Waals surface area contributed by atoms with Crippen molar-refractivity contribution >= 4 is 5.91 Å². The summed E-state index contributed by atoms with van der Waals surface area (Å²) in [5.41, 5.74) is 0.171. The van der Waals surface area contributed by atoms with Gasteiger partial charge in [-0.15, -0.1) is 0 Å². The third kappa shape index (κ3) is 4.94. The SMILES string of the molecule is CC(C)CC(C)(C)CNC(=O)C1CNCCN1C. The molecule has 1 rings (SSSR count). The Hall–Kier alpha value is -0.610. The molecule has 1 heterocycles. The number of hydrogen-bond donors (Lipinski definition) is 2. The van der Waals surface area contributed by atoms with E-state index >= 15 is 0 Å². The first kappa shape index (κ1) is 15.4. The second-order valence-corrected chi connectivity index (χ2v) is 6.68. The highest BCUT2D eigenvalue weighted by Crippen LogP contribution is 2.24. The van der Waals surface area contributed by atoms with Crippen molar-refractivity contribution < 1.29 is 4.79 Å². The van der Waals surface area contributed by atoms with Gasteiger partial charge in [0.25, 0.3) is 0 Å². The normalized spacial score (nSPS) is 22.2. The molecule has 1 aliphatic rings. The molecular formula is C14H29N3O. The lowest BCUT2D eigenvalue weighted by atomic mass is 9.84. The lowest BCUT2D eigenvalue weighted by Crippen LogP contribution is -2.57. The second-order valence-electron chi connectivity index (χ2n) is 6.68. The van der Waals surface area contributed by atoms with E-state index in [9.17, 15) is 4.79 Å². The van der Waals surface area contributed by atoms with Gasteiger partial charge in [-0.05, 0) is 24.8 Å². The standard InChI is InChI=1S/C14H29N3O/c1-11(2)8-14(3,4)10-16-13(18)12-9-15-6-7-17(12)5/h11-12,15H,6-10H2,1-5H3,(H,16,18). The molecule has 0 spiro atoms. The van der Waals surface area contributed by atoms with Gasteiger partial charge in [-0.1, -0.05) is 27.7 Å². The number of nitrogens with zero attached hydrogens (tertiary/aromatic N) is 1. The molecule has 0 aliphatic carbocycles. The van der Waals surface area contributed by atoms with Gasteiger partial charge in [-0.2, -0.15) is 0 Å². The van der Waals surface area contributed by atoms with Crippen molar-refractivity contribution in [3.05, 3.63) is 0 Å². The van der Waals surface area contributed by atoms with Crippen LogP contribution in [0, 0.1) is 11.3 Å². The van der Waals surface area contributed by atoms with E-state index in [1.807, 2.05) is 7.05 Å². The summed E-state index contributed by atoms with van der Waals surface area (Å²) in [4.78, 5) is 14.3. The van der Waals surface area contributed by atoms with Gasteiger partial charge in [0, 0.05) is 26.2 Å². The Kier molecular flexibility index (Phi) is 5.60. The van der Waals surface area contributed by atoms with Crippen molar-refractivity contribution in [3.63, 3.8) is 0 Å². The third-order valence-corrected chi connectivity index (χ3v) is 3.52. The largest absolute Gasteiger partial charge is 0.354 e. The van der Waals surface area contributed by atoms with Gasteiger partial charge in [-0.3, -0.25) is 9.69 Å². The van der Waals surface area contributed by atoms with Crippen LogP contribution in [-0.2, 0) is 4.79 Å². The van der Waals surface area contributed by atoms with Gasteiger partial charge >= 0.3 is 0 Å². The van der Waals surface area contributed by atoms with Crippen molar-refractivity contribution in [2.24, 2.45) is 11.3 Å². The van der Waals surface area contributed by atoms with E-state index in [2.05, 4.69) is 43.2 Å². The van der Waals surface area contributed by atoms with Gasteiger partial charge in [0.15, 0.2) is 0 Å². The van der Waals surface area contributed by atoms with Crippen LogP contribution in [0.25, 0.3) is 0 Å². The molecule has 1 amide bonds. The molecule has 0 bridgehead atoms. The molecule has 0 aromatic heterocycles. The van der Waals surface area contributed by atoms with Crippen LogP contribution in [0.4, 0.5) is 0 Å². The summed E-state index contributed by atoms with van der Waals surface area (Å²) in [5.74, 6) is 0.817. The number of amides is 1. The minimum atomic E-state index is -0.0198. The molecule has 1 unspecified atom stereocenters. The second kappa shape index (κ2) is 6.53. The Morgan fingerprint density at radius 1 is 1.50 bits per heavy atom. The van der Waals surface area contributed by atoms with Crippen LogP contribution in [-0.4, -0.2) is 50.1 Å². The number of likely N-dealkylation sites (N-methyl/N-ethyl adjacent to an activating group) is 1. The average Bonchev–Trinajstić information content (AvgIpc) is 2.25. The first-order chi connectivity index (χ1) is 8.32. The fraction of sp³-hybridized carbons (Fsp3) is 0.929. The van der Waals surface area contributed by atoms with Crippen molar-refractivity contribution in [2.45, 2.75) is 40.2 Å². The summed E-state index contributed by atoms with van der Waals surface area (Å²) in [6.45, 7) is 12.3. The van der Waals surface area contributed by atoms with Crippen LogP contribution in [0.3, 0.4) is 0 Å². The summed E-state index contributed by atoms with van der Waals surface area (Å²) < 4.78 is 0.